The molecule has 1 saturated heterocycles. The molecule has 2 fully saturated rings. The second-order valence-electron chi connectivity index (χ2n) is 7.47. The van der Waals surface area contributed by atoms with Gasteiger partial charge in [-0.25, -0.2) is 0 Å². The third-order valence-corrected chi connectivity index (χ3v) is 5.64. The number of rotatable bonds is 4. The minimum Gasteiger partial charge on any atom is -0.342 e. The van der Waals surface area contributed by atoms with Crippen LogP contribution in [0.4, 0.5) is 5.69 Å². The monoisotopic (exact) mass is 328 g/mol. The van der Waals surface area contributed by atoms with Gasteiger partial charge in [-0.1, -0.05) is 32.0 Å². The summed E-state index contributed by atoms with van der Waals surface area (Å²) in [5.74, 6) is 0.603. The van der Waals surface area contributed by atoms with Gasteiger partial charge in [-0.05, 0) is 56.1 Å². The minimum atomic E-state index is -0.812. The SMILES string of the molecule is CCc1cccc(C)c1NC(=O)C1(C(=O)N2CCC(C)CC2)CC1. The Balaban J connectivity index is 1.74. The summed E-state index contributed by atoms with van der Waals surface area (Å²) in [7, 11) is 0. The Labute approximate surface area is 144 Å². The number of carbonyl (C=O) groups excluding carboxylic acids is 2. The molecule has 1 aliphatic heterocycles. The van der Waals surface area contributed by atoms with E-state index in [-0.39, 0.29) is 11.8 Å². The molecule has 2 aliphatic rings. The van der Waals surface area contributed by atoms with E-state index in [1.807, 2.05) is 30.0 Å². The molecule has 1 heterocycles. The van der Waals surface area contributed by atoms with E-state index in [2.05, 4.69) is 19.2 Å². The molecular formula is C20H28N2O2. The lowest BCUT2D eigenvalue weighted by atomic mass is 9.96. The molecule has 1 saturated carbocycles. The summed E-state index contributed by atoms with van der Waals surface area (Å²) in [5.41, 5.74) is 2.25. The fourth-order valence-corrected chi connectivity index (χ4v) is 3.61. The first-order valence-corrected chi connectivity index (χ1v) is 9.17. The van der Waals surface area contributed by atoms with E-state index in [9.17, 15) is 9.59 Å². The number of anilines is 1. The number of benzene rings is 1. The van der Waals surface area contributed by atoms with Gasteiger partial charge in [0.15, 0.2) is 0 Å². The van der Waals surface area contributed by atoms with E-state index in [4.69, 9.17) is 0 Å². The zero-order chi connectivity index (χ0) is 17.3. The second-order valence-corrected chi connectivity index (χ2v) is 7.47. The molecular weight excluding hydrogens is 300 g/mol. The van der Waals surface area contributed by atoms with Gasteiger partial charge in [0, 0.05) is 18.8 Å². The first kappa shape index (κ1) is 17.0. The first-order chi connectivity index (χ1) is 11.5. The third kappa shape index (κ3) is 3.06. The summed E-state index contributed by atoms with van der Waals surface area (Å²) in [6.07, 6.45) is 4.30. The highest BCUT2D eigenvalue weighted by Gasteiger charge is 2.58. The van der Waals surface area contributed by atoms with Crippen molar-refractivity contribution >= 4 is 17.5 Å². The van der Waals surface area contributed by atoms with Crippen LogP contribution in [0.1, 0.15) is 50.7 Å². The van der Waals surface area contributed by atoms with Crippen LogP contribution in [0.2, 0.25) is 0 Å². The van der Waals surface area contributed by atoms with E-state index >= 15 is 0 Å². The highest BCUT2D eigenvalue weighted by molar-refractivity contribution is 6.13. The minimum absolute atomic E-state index is 0.0403. The zero-order valence-electron chi connectivity index (χ0n) is 15.0. The number of aryl methyl sites for hydroxylation is 2. The molecule has 4 nitrogen and oxygen atoms in total. The number of para-hydroxylation sites is 1. The summed E-state index contributed by atoms with van der Waals surface area (Å²) in [4.78, 5) is 27.7. The Hall–Kier alpha value is -1.84. The highest BCUT2D eigenvalue weighted by Crippen LogP contribution is 2.49. The molecule has 1 aromatic rings. The molecule has 0 spiro atoms. The van der Waals surface area contributed by atoms with E-state index in [0.29, 0.717) is 18.8 Å². The summed E-state index contributed by atoms with van der Waals surface area (Å²) in [5, 5.41) is 3.07. The number of nitrogens with zero attached hydrogens (tertiary/aromatic N) is 1. The van der Waals surface area contributed by atoms with E-state index in [0.717, 1.165) is 49.2 Å². The normalized spacial score (nSPS) is 19.9. The van der Waals surface area contributed by atoms with Gasteiger partial charge in [-0.2, -0.15) is 0 Å². The number of piperidine rings is 1. The molecule has 0 bridgehead atoms. The maximum absolute atomic E-state index is 12.9. The van der Waals surface area contributed by atoms with Crippen molar-refractivity contribution in [3.63, 3.8) is 0 Å². The van der Waals surface area contributed by atoms with Crippen LogP contribution >= 0.6 is 0 Å². The Morgan fingerprint density at radius 1 is 1.25 bits per heavy atom. The van der Waals surface area contributed by atoms with Gasteiger partial charge in [0.05, 0.1) is 0 Å². The molecule has 0 radical (unpaired) electrons. The summed E-state index contributed by atoms with van der Waals surface area (Å²) in [6, 6.07) is 6.05. The van der Waals surface area contributed by atoms with Crippen molar-refractivity contribution in [2.24, 2.45) is 11.3 Å². The molecule has 130 valence electrons. The van der Waals surface area contributed by atoms with Crippen molar-refractivity contribution in [1.82, 2.24) is 4.90 Å². The summed E-state index contributed by atoms with van der Waals surface area (Å²) in [6.45, 7) is 7.89. The second kappa shape index (κ2) is 6.58. The van der Waals surface area contributed by atoms with Gasteiger partial charge < -0.3 is 10.2 Å². The van der Waals surface area contributed by atoms with Crippen molar-refractivity contribution in [1.29, 1.82) is 0 Å². The number of nitrogens with one attached hydrogen (secondary N) is 1. The standard InChI is InChI=1S/C20H28N2O2/c1-4-16-7-5-6-15(3)17(16)21-18(23)20(10-11-20)19(24)22-12-8-14(2)9-13-22/h5-7,14H,4,8-13H2,1-3H3,(H,21,23). The van der Waals surface area contributed by atoms with Gasteiger partial charge in [0.2, 0.25) is 11.8 Å². The summed E-state index contributed by atoms with van der Waals surface area (Å²) >= 11 is 0. The third-order valence-electron chi connectivity index (χ3n) is 5.64. The fourth-order valence-electron chi connectivity index (χ4n) is 3.61. The largest absolute Gasteiger partial charge is 0.342 e. The lowest BCUT2D eigenvalue weighted by molar-refractivity contribution is -0.143. The Bertz CT molecular complexity index is 641. The van der Waals surface area contributed by atoms with Gasteiger partial charge in [-0.3, -0.25) is 9.59 Å². The molecule has 1 aromatic carbocycles. The van der Waals surface area contributed by atoms with Gasteiger partial charge in [0.1, 0.15) is 5.41 Å². The molecule has 2 amide bonds. The predicted molar refractivity (Wildman–Crippen MR) is 95.8 cm³/mol. The number of amides is 2. The van der Waals surface area contributed by atoms with Crippen LogP contribution in [0.25, 0.3) is 0 Å². The average molecular weight is 328 g/mol. The zero-order valence-corrected chi connectivity index (χ0v) is 15.0. The Morgan fingerprint density at radius 3 is 2.50 bits per heavy atom. The maximum Gasteiger partial charge on any atom is 0.240 e. The molecule has 24 heavy (non-hydrogen) atoms. The molecule has 3 rings (SSSR count). The van der Waals surface area contributed by atoms with Crippen LogP contribution in [-0.4, -0.2) is 29.8 Å². The average Bonchev–Trinajstić information content (AvgIpc) is 3.38. The number of hydrogen-bond acceptors (Lipinski definition) is 2. The van der Waals surface area contributed by atoms with Crippen LogP contribution in [-0.2, 0) is 16.0 Å². The van der Waals surface area contributed by atoms with Crippen LogP contribution in [0.15, 0.2) is 18.2 Å². The maximum atomic E-state index is 12.9. The Morgan fingerprint density at radius 2 is 1.92 bits per heavy atom. The van der Waals surface area contributed by atoms with Crippen molar-refractivity contribution in [2.75, 3.05) is 18.4 Å². The summed E-state index contributed by atoms with van der Waals surface area (Å²) < 4.78 is 0. The smallest absolute Gasteiger partial charge is 0.240 e. The molecule has 4 heteroatoms. The van der Waals surface area contributed by atoms with E-state index in [1.54, 1.807) is 0 Å². The molecule has 0 aromatic heterocycles. The molecule has 0 unspecified atom stereocenters. The van der Waals surface area contributed by atoms with Crippen molar-refractivity contribution in [3.05, 3.63) is 29.3 Å². The van der Waals surface area contributed by atoms with Crippen LogP contribution < -0.4 is 5.32 Å². The highest BCUT2D eigenvalue weighted by atomic mass is 16.2. The predicted octanol–water partition coefficient (Wildman–Crippen LogP) is 3.53. The first-order valence-electron chi connectivity index (χ1n) is 9.17. The van der Waals surface area contributed by atoms with Crippen LogP contribution in [0.3, 0.4) is 0 Å². The van der Waals surface area contributed by atoms with Gasteiger partial charge >= 0.3 is 0 Å². The quantitative estimate of drug-likeness (QED) is 0.860. The topological polar surface area (TPSA) is 49.4 Å². The van der Waals surface area contributed by atoms with Crippen molar-refractivity contribution in [2.45, 2.75) is 52.9 Å². The van der Waals surface area contributed by atoms with Gasteiger partial charge in [-0.15, -0.1) is 0 Å². The molecule has 1 aliphatic carbocycles. The van der Waals surface area contributed by atoms with Crippen molar-refractivity contribution < 1.29 is 9.59 Å². The number of hydrogen-bond donors (Lipinski definition) is 1. The van der Waals surface area contributed by atoms with Crippen LogP contribution in [0.5, 0.6) is 0 Å². The van der Waals surface area contributed by atoms with Crippen LogP contribution in [0, 0.1) is 18.3 Å². The Kier molecular flexibility index (Phi) is 4.66. The van der Waals surface area contributed by atoms with Crippen molar-refractivity contribution in [3.8, 4) is 0 Å². The lowest BCUT2D eigenvalue weighted by Gasteiger charge is -2.33. The van der Waals surface area contributed by atoms with Gasteiger partial charge in [0.25, 0.3) is 0 Å². The van der Waals surface area contributed by atoms with E-state index < -0.39 is 5.41 Å². The molecule has 1 N–H and O–H groups in total. The number of carbonyl (C=O) groups is 2. The molecule has 0 atom stereocenters. The van der Waals surface area contributed by atoms with E-state index in [1.165, 1.54) is 0 Å². The fraction of sp³-hybridized carbons (Fsp3) is 0.600. The lowest BCUT2D eigenvalue weighted by Crippen LogP contribution is -2.46. The number of likely N-dealkylation sites (tertiary alicyclic amines) is 1.